The molecule has 78 valence electrons. The van der Waals surface area contributed by atoms with Crippen LogP contribution in [0.1, 0.15) is 37.8 Å². The highest BCUT2D eigenvalue weighted by atomic mass is 15.2. The summed E-state index contributed by atoms with van der Waals surface area (Å²) in [5.74, 6) is 2.60. The van der Waals surface area contributed by atoms with Gasteiger partial charge in [0.1, 0.15) is 5.82 Å². The van der Waals surface area contributed by atoms with Crippen LogP contribution >= 0.6 is 0 Å². The van der Waals surface area contributed by atoms with Crippen molar-refractivity contribution in [1.82, 2.24) is 15.2 Å². The zero-order chi connectivity index (χ0) is 9.97. The van der Waals surface area contributed by atoms with Crippen molar-refractivity contribution in [2.24, 2.45) is 11.7 Å². The SMILES string of the molecule is CCCc1n[nH]c(CC(N)C2CC2)n1. The van der Waals surface area contributed by atoms with Crippen molar-refractivity contribution in [2.75, 3.05) is 0 Å². The van der Waals surface area contributed by atoms with Gasteiger partial charge in [0, 0.05) is 18.9 Å². The van der Waals surface area contributed by atoms with Crippen molar-refractivity contribution in [1.29, 1.82) is 0 Å². The molecule has 1 aromatic heterocycles. The van der Waals surface area contributed by atoms with Gasteiger partial charge in [-0.3, -0.25) is 5.10 Å². The molecule has 1 unspecified atom stereocenters. The van der Waals surface area contributed by atoms with E-state index in [-0.39, 0.29) is 6.04 Å². The van der Waals surface area contributed by atoms with Gasteiger partial charge < -0.3 is 5.73 Å². The number of aryl methyl sites for hydroxylation is 1. The molecule has 1 aromatic rings. The van der Waals surface area contributed by atoms with Crippen LogP contribution in [0.25, 0.3) is 0 Å². The second-order valence-electron chi connectivity index (χ2n) is 4.15. The van der Waals surface area contributed by atoms with Crippen LogP contribution in [0.15, 0.2) is 0 Å². The molecule has 2 rings (SSSR count). The zero-order valence-corrected chi connectivity index (χ0v) is 8.66. The standard InChI is InChI=1S/C10H18N4/c1-2-3-9-12-10(14-13-9)6-8(11)7-4-5-7/h7-8H,2-6,11H2,1H3,(H,12,13,14). The Morgan fingerprint density at radius 3 is 3.00 bits per heavy atom. The topological polar surface area (TPSA) is 67.6 Å². The van der Waals surface area contributed by atoms with E-state index >= 15 is 0 Å². The summed E-state index contributed by atoms with van der Waals surface area (Å²) in [7, 11) is 0. The van der Waals surface area contributed by atoms with Gasteiger partial charge in [-0.15, -0.1) is 0 Å². The predicted molar refractivity (Wildman–Crippen MR) is 54.8 cm³/mol. The molecule has 0 bridgehead atoms. The molecular formula is C10H18N4. The Bertz CT molecular complexity index is 290. The van der Waals surface area contributed by atoms with Gasteiger partial charge in [-0.1, -0.05) is 6.92 Å². The van der Waals surface area contributed by atoms with Gasteiger partial charge in [-0.25, -0.2) is 4.98 Å². The second kappa shape index (κ2) is 4.09. The molecule has 1 saturated carbocycles. The van der Waals surface area contributed by atoms with Crippen molar-refractivity contribution >= 4 is 0 Å². The summed E-state index contributed by atoms with van der Waals surface area (Å²) in [5, 5.41) is 7.11. The number of aromatic amines is 1. The summed E-state index contributed by atoms with van der Waals surface area (Å²) in [6, 6.07) is 0.275. The van der Waals surface area contributed by atoms with Crippen LogP contribution in [0.3, 0.4) is 0 Å². The van der Waals surface area contributed by atoms with E-state index in [2.05, 4.69) is 22.1 Å². The number of rotatable bonds is 5. The van der Waals surface area contributed by atoms with Gasteiger partial charge in [0.2, 0.25) is 0 Å². The molecular weight excluding hydrogens is 176 g/mol. The first kappa shape index (κ1) is 9.65. The highest BCUT2D eigenvalue weighted by Gasteiger charge is 2.29. The molecule has 0 spiro atoms. The third kappa shape index (κ3) is 2.32. The highest BCUT2D eigenvalue weighted by Crippen LogP contribution is 2.32. The molecule has 1 fully saturated rings. The van der Waals surface area contributed by atoms with Gasteiger partial charge in [0.05, 0.1) is 0 Å². The van der Waals surface area contributed by atoms with Crippen molar-refractivity contribution < 1.29 is 0 Å². The first-order chi connectivity index (χ1) is 6.79. The normalized spacial score (nSPS) is 18.4. The largest absolute Gasteiger partial charge is 0.327 e. The van der Waals surface area contributed by atoms with Gasteiger partial charge >= 0.3 is 0 Å². The molecule has 1 aliphatic carbocycles. The number of H-pyrrole nitrogens is 1. The Labute approximate surface area is 84.3 Å². The predicted octanol–water partition coefficient (Wildman–Crippen LogP) is 1.04. The van der Waals surface area contributed by atoms with E-state index in [1.165, 1.54) is 12.8 Å². The summed E-state index contributed by atoms with van der Waals surface area (Å²) >= 11 is 0. The minimum absolute atomic E-state index is 0.275. The Balaban J connectivity index is 1.88. The van der Waals surface area contributed by atoms with Crippen molar-refractivity contribution in [3.05, 3.63) is 11.6 Å². The molecule has 4 heteroatoms. The molecule has 14 heavy (non-hydrogen) atoms. The molecule has 1 atom stereocenters. The minimum Gasteiger partial charge on any atom is -0.327 e. The minimum atomic E-state index is 0.275. The average molecular weight is 194 g/mol. The van der Waals surface area contributed by atoms with Crippen molar-refractivity contribution in [2.45, 2.75) is 45.1 Å². The van der Waals surface area contributed by atoms with Crippen LogP contribution in [0.4, 0.5) is 0 Å². The summed E-state index contributed by atoms with van der Waals surface area (Å²) in [5.41, 5.74) is 6.01. The molecule has 0 radical (unpaired) electrons. The smallest absolute Gasteiger partial charge is 0.150 e. The van der Waals surface area contributed by atoms with Crippen LogP contribution in [-0.2, 0) is 12.8 Å². The summed E-state index contributed by atoms with van der Waals surface area (Å²) < 4.78 is 0. The maximum Gasteiger partial charge on any atom is 0.150 e. The fraction of sp³-hybridized carbons (Fsp3) is 0.800. The van der Waals surface area contributed by atoms with Gasteiger partial charge in [-0.2, -0.15) is 5.10 Å². The average Bonchev–Trinajstić information content (AvgIpc) is 2.92. The fourth-order valence-electron chi connectivity index (χ4n) is 1.68. The number of nitrogens with two attached hydrogens (primary N) is 1. The van der Waals surface area contributed by atoms with E-state index in [1.54, 1.807) is 0 Å². The zero-order valence-electron chi connectivity index (χ0n) is 8.66. The molecule has 0 saturated heterocycles. The van der Waals surface area contributed by atoms with Crippen LogP contribution < -0.4 is 5.73 Å². The summed E-state index contributed by atoms with van der Waals surface area (Å²) in [6.45, 7) is 2.13. The lowest BCUT2D eigenvalue weighted by Gasteiger charge is -2.05. The summed E-state index contributed by atoms with van der Waals surface area (Å²) in [6.07, 6.45) is 5.47. The first-order valence-electron chi connectivity index (χ1n) is 5.45. The fourth-order valence-corrected chi connectivity index (χ4v) is 1.68. The molecule has 0 aromatic carbocycles. The summed E-state index contributed by atoms with van der Waals surface area (Å²) in [4.78, 5) is 4.40. The van der Waals surface area contributed by atoms with Gasteiger partial charge in [0.25, 0.3) is 0 Å². The maximum absolute atomic E-state index is 6.01. The Morgan fingerprint density at radius 1 is 1.57 bits per heavy atom. The van der Waals surface area contributed by atoms with Crippen molar-refractivity contribution in [3.63, 3.8) is 0 Å². The Hall–Kier alpha value is -0.900. The van der Waals surface area contributed by atoms with E-state index in [9.17, 15) is 0 Å². The molecule has 4 nitrogen and oxygen atoms in total. The van der Waals surface area contributed by atoms with E-state index in [0.29, 0.717) is 0 Å². The van der Waals surface area contributed by atoms with E-state index in [0.717, 1.165) is 36.8 Å². The van der Waals surface area contributed by atoms with Crippen LogP contribution in [0.5, 0.6) is 0 Å². The van der Waals surface area contributed by atoms with Crippen molar-refractivity contribution in [3.8, 4) is 0 Å². The van der Waals surface area contributed by atoms with Crippen LogP contribution in [-0.4, -0.2) is 21.2 Å². The molecule has 1 heterocycles. The monoisotopic (exact) mass is 194 g/mol. The van der Waals surface area contributed by atoms with Crippen LogP contribution in [0, 0.1) is 5.92 Å². The van der Waals surface area contributed by atoms with Gasteiger partial charge in [0.15, 0.2) is 5.82 Å². The van der Waals surface area contributed by atoms with E-state index in [1.807, 2.05) is 0 Å². The molecule has 1 aliphatic rings. The molecule has 0 amide bonds. The lowest BCUT2D eigenvalue weighted by molar-refractivity contribution is 0.576. The number of hydrogen-bond acceptors (Lipinski definition) is 3. The van der Waals surface area contributed by atoms with E-state index < -0.39 is 0 Å². The van der Waals surface area contributed by atoms with Crippen LogP contribution in [0.2, 0.25) is 0 Å². The lowest BCUT2D eigenvalue weighted by atomic mass is 10.1. The number of hydrogen-bond donors (Lipinski definition) is 2. The lowest BCUT2D eigenvalue weighted by Crippen LogP contribution is -2.25. The van der Waals surface area contributed by atoms with E-state index in [4.69, 9.17) is 5.73 Å². The number of aromatic nitrogens is 3. The quantitative estimate of drug-likeness (QED) is 0.736. The highest BCUT2D eigenvalue weighted by molar-refractivity contribution is 4.96. The third-order valence-electron chi connectivity index (χ3n) is 2.71. The van der Waals surface area contributed by atoms with Gasteiger partial charge in [-0.05, 0) is 25.2 Å². The second-order valence-corrected chi connectivity index (χ2v) is 4.15. The Morgan fingerprint density at radius 2 is 2.36 bits per heavy atom. The first-order valence-corrected chi connectivity index (χ1v) is 5.45. The Kier molecular flexibility index (Phi) is 2.82. The molecule has 0 aliphatic heterocycles. The maximum atomic E-state index is 6.01. The number of nitrogens with one attached hydrogen (secondary N) is 1. The molecule has 3 N–H and O–H groups in total. The number of nitrogens with zero attached hydrogens (tertiary/aromatic N) is 2. The third-order valence-corrected chi connectivity index (χ3v) is 2.71.